The van der Waals surface area contributed by atoms with Crippen molar-refractivity contribution >= 4 is 11.6 Å². The van der Waals surface area contributed by atoms with E-state index in [4.69, 9.17) is 0 Å². The van der Waals surface area contributed by atoms with Crippen molar-refractivity contribution in [1.82, 2.24) is 4.90 Å². The summed E-state index contributed by atoms with van der Waals surface area (Å²) in [6.45, 7) is 4.39. The standard InChI is InChI=1S/C16H19F3N2O/c1-11-9-14(11)15(22)21-7-5-20(6-8-21)13-4-2-3-12(10-13)16(17,18)19/h2-4,10-11,14H,5-9H2,1H3. The Kier molecular flexibility index (Phi) is 3.78. The lowest BCUT2D eigenvalue weighted by Crippen LogP contribution is -2.49. The van der Waals surface area contributed by atoms with Crippen LogP contribution < -0.4 is 4.90 Å². The van der Waals surface area contributed by atoms with Gasteiger partial charge in [-0.1, -0.05) is 13.0 Å². The Bertz CT molecular complexity index is 565. The van der Waals surface area contributed by atoms with E-state index >= 15 is 0 Å². The summed E-state index contributed by atoms with van der Waals surface area (Å²) in [6, 6.07) is 5.38. The molecule has 0 N–H and O–H groups in total. The zero-order valence-corrected chi connectivity index (χ0v) is 12.4. The number of benzene rings is 1. The number of piperazine rings is 1. The Hall–Kier alpha value is -1.72. The van der Waals surface area contributed by atoms with Crippen LogP contribution in [0.3, 0.4) is 0 Å². The first-order chi connectivity index (χ1) is 10.4. The molecule has 3 nitrogen and oxygen atoms in total. The molecule has 2 unspecified atom stereocenters. The molecule has 1 saturated heterocycles. The second kappa shape index (κ2) is 5.48. The van der Waals surface area contributed by atoms with Gasteiger partial charge in [-0.3, -0.25) is 4.79 Å². The van der Waals surface area contributed by atoms with E-state index in [-0.39, 0.29) is 11.8 Å². The minimum absolute atomic E-state index is 0.167. The summed E-state index contributed by atoms with van der Waals surface area (Å²) in [5.41, 5.74) is -0.0583. The molecule has 1 aromatic carbocycles. The molecule has 120 valence electrons. The average molecular weight is 312 g/mol. The topological polar surface area (TPSA) is 23.6 Å². The third kappa shape index (κ3) is 3.05. The van der Waals surface area contributed by atoms with Crippen LogP contribution in [0, 0.1) is 11.8 Å². The molecule has 1 saturated carbocycles. The van der Waals surface area contributed by atoms with Crippen LogP contribution in [0.1, 0.15) is 18.9 Å². The number of hydrogen-bond acceptors (Lipinski definition) is 2. The van der Waals surface area contributed by atoms with Crippen molar-refractivity contribution in [1.29, 1.82) is 0 Å². The molecule has 1 aromatic rings. The van der Waals surface area contributed by atoms with E-state index in [1.165, 1.54) is 12.1 Å². The summed E-state index contributed by atoms with van der Waals surface area (Å²) in [5.74, 6) is 0.852. The molecule has 2 atom stereocenters. The van der Waals surface area contributed by atoms with Gasteiger partial charge in [-0.15, -0.1) is 0 Å². The molecule has 0 radical (unpaired) electrons. The van der Waals surface area contributed by atoms with Gasteiger partial charge in [-0.25, -0.2) is 0 Å². The number of rotatable bonds is 2. The molecule has 1 aliphatic heterocycles. The number of anilines is 1. The number of carbonyl (C=O) groups excluding carboxylic acids is 1. The maximum Gasteiger partial charge on any atom is 0.416 e. The van der Waals surface area contributed by atoms with Gasteiger partial charge < -0.3 is 9.80 Å². The zero-order valence-electron chi connectivity index (χ0n) is 12.4. The van der Waals surface area contributed by atoms with Gasteiger partial charge in [0.15, 0.2) is 0 Å². The highest BCUT2D eigenvalue weighted by Gasteiger charge is 2.42. The highest BCUT2D eigenvalue weighted by atomic mass is 19.4. The zero-order chi connectivity index (χ0) is 15.9. The lowest BCUT2D eigenvalue weighted by atomic mass is 10.1. The Morgan fingerprint density at radius 1 is 1.18 bits per heavy atom. The van der Waals surface area contributed by atoms with Crippen LogP contribution in [0.4, 0.5) is 18.9 Å². The fraction of sp³-hybridized carbons (Fsp3) is 0.562. The van der Waals surface area contributed by atoms with E-state index in [9.17, 15) is 18.0 Å². The van der Waals surface area contributed by atoms with Crippen molar-refractivity contribution in [2.75, 3.05) is 31.1 Å². The third-order valence-electron chi connectivity index (χ3n) is 4.56. The van der Waals surface area contributed by atoms with Crippen molar-refractivity contribution in [3.05, 3.63) is 29.8 Å². The van der Waals surface area contributed by atoms with Crippen LogP contribution in [0.25, 0.3) is 0 Å². The molecule has 0 bridgehead atoms. The number of nitrogens with zero attached hydrogens (tertiary/aromatic N) is 2. The Labute approximate surface area is 127 Å². The lowest BCUT2D eigenvalue weighted by molar-refractivity contribution is -0.137. The Morgan fingerprint density at radius 3 is 2.36 bits per heavy atom. The molecule has 0 spiro atoms. The molecule has 22 heavy (non-hydrogen) atoms. The first-order valence-electron chi connectivity index (χ1n) is 7.57. The minimum Gasteiger partial charge on any atom is -0.368 e. The van der Waals surface area contributed by atoms with Gasteiger partial charge >= 0.3 is 6.18 Å². The highest BCUT2D eigenvalue weighted by Crippen LogP contribution is 2.39. The fourth-order valence-corrected chi connectivity index (χ4v) is 2.96. The maximum absolute atomic E-state index is 12.8. The van der Waals surface area contributed by atoms with Crippen LogP contribution in [0.15, 0.2) is 24.3 Å². The second-order valence-electron chi connectivity index (χ2n) is 6.18. The maximum atomic E-state index is 12.8. The predicted molar refractivity (Wildman–Crippen MR) is 77.5 cm³/mol. The smallest absolute Gasteiger partial charge is 0.368 e. The molecule has 3 rings (SSSR count). The summed E-state index contributed by atoms with van der Waals surface area (Å²) in [4.78, 5) is 15.9. The highest BCUT2D eigenvalue weighted by molar-refractivity contribution is 5.81. The molecule has 0 aromatic heterocycles. The largest absolute Gasteiger partial charge is 0.416 e. The summed E-state index contributed by atoms with van der Waals surface area (Å²) in [5, 5.41) is 0. The van der Waals surface area contributed by atoms with Crippen molar-refractivity contribution < 1.29 is 18.0 Å². The van der Waals surface area contributed by atoms with E-state index in [2.05, 4.69) is 6.92 Å². The molecular formula is C16H19F3N2O. The van der Waals surface area contributed by atoms with E-state index < -0.39 is 11.7 Å². The average Bonchev–Trinajstić information content (AvgIpc) is 3.23. The van der Waals surface area contributed by atoms with Crippen LogP contribution in [-0.2, 0) is 11.0 Å². The van der Waals surface area contributed by atoms with Crippen molar-refractivity contribution in [2.24, 2.45) is 11.8 Å². The summed E-state index contributed by atoms with van der Waals surface area (Å²) in [6.07, 6.45) is -3.36. The SMILES string of the molecule is CC1CC1C(=O)N1CCN(c2cccc(C(F)(F)F)c2)CC1. The predicted octanol–water partition coefficient (Wildman–Crippen LogP) is 3.01. The quantitative estimate of drug-likeness (QED) is 0.838. The van der Waals surface area contributed by atoms with Crippen LogP contribution in [0.2, 0.25) is 0 Å². The van der Waals surface area contributed by atoms with E-state index in [1.54, 1.807) is 6.07 Å². The van der Waals surface area contributed by atoms with Crippen LogP contribution in [0.5, 0.6) is 0 Å². The van der Waals surface area contributed by atoms with Gasteiger partial charge in [0.2, 0.25) is 5.91 Å². The first-order valence-corrected chi connectivity index (χ1v) is 7.57. The van der Waals surface area contributed by atoms with E-state index in [1.807, 2.05) is 9.80 Å². The number of amides is 1. The van der Waals surface area contributed by atoms with Crippen LogP contribution in [-0.4, -0.2) is 37.0 Å². The number of hydrogen-bond donors (Lipinski definition) is 0. The number of carbonyl (C=O) groups is 1. The first kappa shape index (κ1) is 15.2. The minimum atomic E-state index is -4.32. The molecule has 1 heterocycles. The van der Waals surface area contributed by atoms with Gasteiger partial charge in [-0.2, -0.15) is 13.2 Å². The fourth-order valence-electron chi connectivity index (χ4n) is 2.96. The molecule has 2 aliphatic rings. The molecule has 6 heteroatoms. The third-order valence-corrected chi connectivity index (χ3v) is 4.56. The molecule has 2 fully saturated rings. The summed E-state index contributed by atoms with van der Waals surface area (Å²) in [7, 11) is 0. The van der Waals surface area contributed by atoms with Gasteiger partial charge in [-0.05, 0) is 30.5 Å². The summed E-state index contributed by atoms with van der Waals surface area (Å²) >= 11 is 0. The van der Waals surface area contributed by atoms with Crippen molar-refractivity contribution in [3.63, 3.8) is 0 Å². The lowest BCUT2D eigenvalue weighted by Gasteiger charge is -2.36. The van der Waals surface area contributed by atoms with Crippen molar-refractivity contribution in [3.8, 4) is 0 Å². The summed E-state index contributed by atoms with van der Waals surface area (Å²) < 4.78 is 38.3. The van der Waals surface area contributed by atoms with Gasteiger partial charge in [0.05, 0.1) is 5.56 Å². The molecule has 1 aliphatic carbocycles. The van der Waals surface area contributed by atoms with Gasteiger partial charge in [0.25, 0.3) is 0 Å². The van der Waals surface area contributed by atoms with Crippen LogP contribution >= 0.6 is 0 Å². The normalized spacial score (nSPS) is 25.3. The molecular weight excluding hydrogens is 293 g/mol. The van der Waals surface area contributed by atoms with Crippen molar-refractivity contribution in [2.45, 2.75) is 19.5 Å². The van der Waals surface area contributed by atoms with Gasteiger partial charge in [0.1, 0.15) is 0 Å². The van der Waals surface area contributed by atoms with E-state index in [0.717, 1.165) is 12.5 Å². The molecule has 1 amide bonds. The second-order valence-corrected chi connectivity index (χ2v) is 6.18. The monoisotopic (exact) mass is 312 g/mol. The Balaban J connectivity index is 1.63. The Morgan fingerprint density at radius 2 is 1.82 bits per heavy atom. The van der Waals surface area contributed by atoms with E-state index in [0.29, 0.717) is 37.8 Å². The van der Waals surface area contributed by atoms with Gasteiger partial charge in [0, 0.05) is 37.8 Å². The number of alkyl halides is 3. The number of halogens is 3.